The van der Waals surface area contributed by atoms with E-state index in [0.717, 1.165) is 30.4 Å². The molecule has 128 valence electrons. The first-order valence-corrected chi connectivity index (χ1v) is 8.52. The molecule has 0 saturated heterocycles. The molecule has 0 aliphatic carbocycles. The highest BCUT2D eigenvalue weighted by atomic mass is 127. The van der Waals surface area contributed by atoms with Crippen molar-refractivity contribution in [3.63, 3.8) is 0 Å². The lowest BCUT2D eigenvalue weighted by atomic mass is 10.1. The number of thiophene rings is 1. The number of rotatable bonds is 6. The summed E-state index contributed by atoms with van der Waals surface area (Å²) in [6.07, 6.45) is 1.09. The van der Waals surface area contributed by atoms with Crippen LogP contribution in [0.25, 0.3) is 0 Å². The molecule has 2 aromatic rings. The number of furan rings is 1. The van der Waals surface area contributed by atoms with E-state index < -0.39 is 0 Å². The molecule has 4 nitrogen and oxygen atoms in total. The molecule has 0 spiro atoms. The minimum Gasteiger partial charge on any atom is -0.464 e. The monoisotopic (exact) mass is 447 g/mol. The third-order valence-electron chi connectivity index (χ3n) is 3.51. The van der Waals surface area contributed by atoms with Gasteiger partial charge >= 0.3 is 0 Å². The highest BCUT2D eigenvalue weighted by Gasteiger charge is 2.12. The first-order valence-electron chi connectivity index (χ1n) is 7.64. The fraction of sp³-hybridized carbons (Fsp3) is 0.471. The van der Waals surface area contributed by atoms with Crippen molar-refractivity contribution in [1.82, 2.24) is 10.6 Å². The predicted octanol–water partition coefficient (Wildman–Crippen LogP) is 4.37. The molecule has 2 atom stereocenters. The van der Waals surface area contributed by atoms with Crippen LogP contribution in [-0.2, 0) is 6.42 Å². The van der Waals surface area contributed by atoms with Crippen LogP contribution in [0.1, 0.15) is 36.3 Å². The number of hydrogen-bond donors (Lipinski definition) is 2. The Kier molecular flexibility index (Phi) is 8.68. The van der Waals surface area contributed by atoms with Crippen molar-refractivity contribution in [2.75, 3.05) is 13.6 Å². The zero-order valence-corrected chi connectivity index (χ0v) is 17.3. The van der Waals surface area contributed by atoms with Crippen LogP contribution in [-0.4, -0.2) is 19.6 Å². The first-order chi connectivity index (χ1) is 10.6. The maximum absolute atomic E-state index is 5.64. The number of nitrogens with one attached hydrogen (secondary N) is 2. The van der Waals surface area contributed by atoms with Crippen molar-refractivity contribution in [3.05, 3.63) is 46.0 Å². The average molecular weight is 447 g/mol. The molecule has 0 aliphatic rings. The summed E-state index contributed by atoms with van der Waals surface area (Å²) in [6, 6.07) is 8.36. The fourth-order valence-electron chi connectivity index (χ4n) is 2.27. The van der Waals surface area contributed by atoms with Gasteiger partial charge in [-0.3, -0.25) is 4.99 Å². The van der Waals surface area contributed by atoms with Gasteiger partial charge < -0.3 is 15.1 Å². The zero-order chi connectivity index (χ0) is 15.9. The van der Waals surface area contributed by atoms with Crippen molar-refractivity contribution in [3.8, 4) is 0 Å². The molecule has 6 heteroatoms. The van der Waals surface area contributed by atoms with Gasteiger partial charge in [-0.1, -0.05) is 13.0 Å². The van der Waals surface area contributed by atoms with Crippen LogP contribution in [0.2, 0.25) is 0 Å². The Hall–Kier alpha value is -1.02. The quantitative estimate of drug-likeness (QED) is 0.393. The van der Waals surface area contributed by atoms with Gasteiger partial charge in [0.1, 0.15) is 11.5 Å². The molecular formula is C17H26IN3OS. The molecule has 2 unspecified atom stereocenters. The van der Waals surface area contributed by atoms with Crippen LogP contribution in [0.3, 0.4) is 0 Å². The second-order valence-corrected chi connectivity index (χ2v) is 6.69. The fourth-order valence-corrected chi connectivity index (χ4v) is 3.14. The van der Waals surface area contributed by atoms with E-state index in [-0.39, 0.29) is 30.0 Å². The standard InChI is InChI=1S/C17H25N3OS.HI/c1-12(10-15-6-5-9-22-15)11-19-17(18-4)20-14(3)16-8-7-13(2)21-16;/h5-9,12,14H,10-11H2,1-4H3,(H2,18,19,20);1H. The largest absolute Gasteiger partial charge is 0.464 e. The molecule has 0 saturated carbocycles. The van der Waals surface area contributed by atoms with E-state index in [1.807, 2.05) is 30.4 Å². The Morgan fingerprint density at radius 3 is 2.65 bits per heavy atom. The van der Waals surface area contributed by atoms with Crippen LogP contribution in [0.5, 0.6) is 0 Å². The number of halogens is 1. The van der Waals surface area contributed by atoms with Crippen LogP contribution >= 0.6 is 35.3 Å². The number of aryl methyl sites for hydroxylation is 1. The van der Waals surface area contributed by atoms with E-state index in [0.29, 0.717) is 5.92 Å². The summed E-state index contributed by atoms with van der Waals surface area (Å²) < 4.78 is 5.64. The van der Waals surface area contributed by atoms with E-state index in [4.69, 9.17) is 4.42 Å². The van der Waals surface area contributed by atoms with Gasteiger partial charge in [-0.25, -0.2) is 0 Å². The Morgan fingerprint density at radius 2 is 2.09 bits per heavy atom. The molecule has 0 aromatic carbocycles. The molecule has 0 bridgehead atoms. The third kappa shape index (κ3) is 6.55. The molecule has 0 radical (unpaired) electrons. The molecule has 2 heterocycles. The lowest BCUT2D eigenvalue weighted by Crippen LogP contribution is -2.40. The lowest BCUT2D eigenvalue weighted by molar-refractivity contribution is 0.440. The van der Waals surface area contributed by atoms with E-state index in [1.54, 1.807) is 7.05 Å². The molecule has 23 heavy (non-hydrogen) atoms. The van der Waals surface area contributed by atoms with Crippen molar-refractivity contribution < 1.29 is 4.42 Å². The second-order valence-electron chi connectivity index (χ2n) is 5.66. The van der Waals surface area contributed by atoms with Gasteiger partial charge in [-0.15, -0.1) is 35.3 Å². The van der Waals surface area contributed by atoms with Gasteiger partial charge in [0.15, 0.2) is 5.96 Å². The summed E-state index contributed by atoms with van der Waals surface area (Å²) in [5, 5.41) is 8.88. The van der Waals surface area contributed by atoms with Crippen LogP contribution in [0.15, 0.2) is 39.1 Å². The van der Waals surface area contributed by atoms with E-state index in [1.165, 1.54) is 4.88 Å². The molecule has 2 N–H and O–H groups in total. The molecular weight excluding hydrogens is 421 g/mol. The van der Waals surface area contributed by atoms with Gasteiger partial charge in [0, 0.05) is 18.5 Å². The number of nitrogens with zero attached hydrogens (tertiary/aromatic N) is 1. The van der Waals surface area contributed by atoms with Crippen LogP contribution in [0, 0.1) is 12.8 Å². The second kappa shape index (κ2) is 9.97. The van der Waals surface area contributed by atoms with Crippen LogP contribution in [0.4, 0.5) is 0 Å². The zero-order valence-electron chi connectivity index (χ0n) is 14.1. The Balaban J connectivity index is 0.00000264. The number of hydrogen-bond acceptors (Lipinski definition) is 3. The lowest BCUT2D eigenvalue weighted by Gasteiger charge is -2.18. The SMILES string of the molecule is CN=C(NCC(C)Cc1cccs1)NC(C)c1ccc(C)o1.I. The van der Waals surface area contributed by atoms with Gasteiger partial charge in [0.2, 0.25) is 0 Å². The highest BCUT2D eigenvalue weighted by Crippen LogP contribution is 2.16. The maximum atomic E-state index is 5.64. The first kappa shape index (κ1) is 20.0. The highest BCUT2D eigenvalue weighted by molar-refractivity contribution is 14.0. The Morgan fingerprint density at radius 1 is 1.30 bits per heavy atom. The third-order valence-corrected chi connectivity index (χ3v) is 4.41. The average Bonchev–Trinajstić information content (AvgIpc) is 3.14. The summed E-state index contributed by atoms with van der Waals surface area (Å²) in [5.41, 5.74) is 0. The molecule has 0 aliphatic heterocycles. The minimum atomic E-state index is 0. The predicted molar refractivity (Wildman–Crippen MR) is 109 cm³/mol. The summed E-state index contributed by atoms with van der Waals surface area (Å²) in [5.74, 6) is 3.21. The number of aliphatic imine (C=N–C) groups is 1. The van der Waals surface area contributed by atoms with E-state index in [2.05, 4.69) is 47.0 Å². The van der Waals surface area contributed by atoms with Crippen molar-refractivity contribution in [2.24, 2.45) is 10.9 Å². The van der Waals surface area contributed by atoms with E-state index in [9.17, 15) is 0 Å². The molecule has 0 fully saturated rings. The maximum Gasteiger partial charge on any atom is 0.191 e. The molecule has 2 aromatic heterocycles. The summed E-state index contributed by atoms with van der Waals surface area (Å²) in [7, 11) is 1.79. The normalized spacial score (nSPS) is 14.0. The molecule has 2 rings (SSSR count). The Bertz CT molecular complexity index is 595. The van der Waals surface area contributed by atoms with Crippen molar-refractivity contribution in [1.29, 1.82) is 0 Å². The van der Waals surface area contributed by atoms with Crippen LogP contribution < -0.4 is 10.6 Å². The Labute approximate surface area is 159 Å². The summed E-state index contributed by atoms with van der Waals surface area (Å²) in [6.45, 7) is 7.16. The van der Waals surface area contributed by atoms with Gasteiger partial charge in [-0.05, 0) is 49.8 Å². The summed E-state index contributed by atoms with van der Waals surface area (Å²) >= 11 is 1.82. The smallest absolute Gasteiger partial charge is 0.191 e. The van der Waals surface area contributed by atoms with Crippen molar-refractivity contribution in [2.45, 2.75) is 33.2 Å². The van der Waals surface area contributed by atoms with Crippen molar-refractivity contribution >= 4 is 41.3 Å². The minimum absolute atomic E-state index is 0. The number of guanidine groups is 1. The van der Waals surface area contributed by atoms with Gasteiger partial charge in [-0.2, -0.15) is 0 Å². The topological polar surface area (TPSA) is 49.6 Å². The summed E-state index contributed by atoms with van der Waals surface area (Å²) in [4.78, 5) is 5.71. The van der Waals surface area contributed by atoms with E-state index >= 15 is 0 Å². The van der Waals surface area contributed by atoms with Gasteiger partial charge in [0.25, 0.3) is 0 Å². The van der Waals surface area contributed by atoms with Gasteiger partial charge in [0.05, 0.1) is 6.04 Å². The molecule has 0 amide bonds.